The average molecular weight is 491 g/mol. The monoisotopic (exact) mass is 490 g/mol. The van der Waals surface area contributed by atoms with Crippen molar-refractivity contribution in [2.45, 2.75) is 24.7 Å². The molecule has 188 valence electrons. The van der Waals surface area contributed by atoms with Crippen molar-refractivity contribution in [3.63, 3.8) is 0 Å². The van der Waals surface area contributed by atoms with Crippen molar-refractivity contribution in [2.75, 3.05) is 51.3 Å². The number of aromatic nitrogens is 1. The molecular weight excluding hydrogens is 460 g/mol. The van der Waals surface area contributed by atoms with Crippen LogP contribution >= 0.6 is 0 Å². The predicted octanol–water partition coefficient (Wildman–Crippen LogP) is 2.60. The van der Waals surface area contributed by atoms with E-state index in [1.54, 1.807) is 12.0 Å². The molecule has 1 aromatic heterocycles. The number of rotatable bonds is 8. The summed E-state index contributed by atoms with van der Waals surface area (Å²) in [5.74, 6) is -0.669. The number of para-hydroxylation sites is 2. The van der Waals surface area contributed by atoms with E-state index in [4.69, 9.17) is 9.15 Å². The van der Waals surface area contributed by atoms with Crippen molar-refractivity contribution in [3.8, 4) is 0 Å². The highest BCUT2D eigenvalue weighted by Crippen LogP contribution is 2.40. The second-order valence-corrected chi connectivity index (χ2v) is 9.33. The fourth-order valence-corrected chi connectivity index (χ4v) is 5.13. The van der Waals surface area contributed by atoms with Crippen LogP contribution in [0.4, 0.5) is 6.01 Å². The maximum absolute atomic E-state index is 13.6. The van der Waals surface area contributed by atoms with Gasteiger partial charge in [0.15, 0.2) is 5.58 Å². The number of oxazole rings is 1. The number of piperazine rings is 1. The second-order valence-electron chi connectivity index (χ2n) is 9.33. The number of nitrogens with zero attached hydrogens (tertiary/aromatic N) is 4. The maximum atomic E-state index is 13.6. The van der Waals surface area contributed by atoms with Crippen LogP contribution in [0.2, 0.25) is 0 Å². The number of hydrogen-bond donors (Lipinski definition) is 0. The normalized spacial score (nSPS) is 20.5. The Kier molecular flexibility index (Phi) is 6.73. The molecule has 2 aromatic carbocycles. The van der Waals surface area contributed by atoms with Gasteiger partial charge in [0.05, 0.1) is 5.41 Å². The highest BCUT2D eigenvalue weighted by atomic mass is 16.5. The van der Waals surface area contributed by atoms with Gasteiger partial charge in [-0.15, -0.1) is 0 Å². The van der Waals surface area contributed by atoms with E-state index in [1.165, 1.54) is 4.90 Å². The summed E-state index contributed by atoms with van der Waals surface area (Å²) < 4.78 is 11.0. The Morgan fingerprint density at radius 1 is 1.03 bits per heavy atom. The summed E-state index contributed by atoms with van der Waals surface area (Å²) in [5, 5.41) is 0. The summed E-state index contributed by atoms with van der Waals surface area (Å²) in [6.07, 6.45) is 0.521. The standard InChI is InChI=1S/C27H30N4O5/c1-35-17-7-12-31-24(33)19-27(25(31)34,20-8-3-2-4-9-20)18-23(32)29-13-15-30(16-14-29)26-28-21-10-5-6-11-22(21)36-26/h2-6,8-11H,7,12-19H2,1H3. The summed E-state index contributed by atoms with van der Waals surface area (Å²) >= 11 is 0. The third-order valence-corrected chi connectivity index (χ3v) is 7.10. The molecule has 0 N–H and O–H groups in total. The maximum Gasteiger partial charge on any atom is 0.298 e. The zero-order valence-electron chi connectivity index (χ0n) is 20.4. The van der Waals surface area contributed by atoms with Gasteiger partial charge >= 0.3 is 0 Å². The molecule has 3 aromatic rings. The predicted molar refractivity (Wildman–Crippen MR) is 133 cm³/mol. The largest absolute Gasteiger partial charge is 0.423 e. The molecule has 2 fully saturated rings. The number of anilines is 1. The summed E-state index contributed by atoms with van der Waals surface area (Å²) in [6.45, 7) is 2.88. The van der Waals surface area contributed by atoms with Crippen LogP contribution in [0.1, 0.15) is 24.8 Å². The first-order chi connectivity index (χ1) is 17.5. The van der Waals surface area contributed by atoms with Gasteiger partial charge in [-0.05, 0) is 24.1 Å². The van der Waals surface area contributed by atoms with Crippen molar-refractivity contribution in [1.29, 1.82) is 0 Å². The Morgan fingerprint density at radius 2 is 1.75 bits per heavy atom. The molecule has 0 radical (unpaired) electrons. The van der Waals surface area contributed by atoms with Gasteiger partial charge in [-0.25, -0.2) is 0 Å². The highest BCUT2D eigenvalue weighted by Gasteiger charge is 2.53. The van der Waals surface area contributed by atoms with Crippen LogP contribution < -0.4 is 4.90 Å². The number of imide groups is 1. The van der Waals surface area contributed by atoms with E-state index in [2.05, 4.69) is 4.98 Å². The first-order valence-electron chi connectivity index (χ1n) is 12.3. The van der Waals surface area contributed by atoms with E-state index >= 15 is 0 Å². The molecular formula is C27H30N4O5. The molecule has 0 bridgehead atoms. The van der Waals surface area contributed by atoms with E-state index in [-0.39, 0.29) is 37.1 Å². The Hall–Kier alpha value is -3.72. The van der Waals surface area contributed by atoms with Crippen molar-refractivity contribution in [2.24, 2.45) is 0 Å². The van der Waals surface area contributed by atoms with E-state index in [9.17, 15) is 14.4 Å². The molecule has 0 saturated carbocycles. The topological polar surface area (TPSA) is 96.2 Å². The molecule has 9 heteroatoms. The highest BCUT2D eigenvalue weighted by molar-refractivity contribution is 6.10. The molecule has 1 unspecified atom stereocenters. The minimum atomic E-state index is -1.18. The van der Waals surface area contributed by atoms with Crippen LogP contribution in [-0.2, 0) is 24.5 Å². The minimum Gasteiger partial charge on any atom is -0.423 e. The lowest BCUT2D eigenvalue weighted by atomic mass is 9.75. The van der Waals surface area contributed by atoms with E-state index in [1.807, 2.05) is 59.5 Å². The van der Waals surface area contributed by atoms with Crippen LogP contribution in [0, 0.1) is 0 Å². The van der Waals surface area contributed by atoms with Crippen LogP contribution in [0.5, 0.6) is 0 Å². The Balaban J connectivity index is 1.30. The minimum absolute atomic E-state index is 0.00254. The van der Waals surface area contributed by atoms with Gasteiger partial charge in [-0.3, -0.25) is 19.3 Å². The van der Waals surface area contributed by atoms with Gasteiger partial charge in [0.1, 0.15) is 5.52 Å². The zero-order valence-corrected chi connectivity index (χ0v) is 20.4. The number of hydrogen-bond acceptors (Lipinski definition) is 7. The van der Waals surface area contributed by atoms with E-state index < -0.39 is 5.41 Å². The molecule has 2 saturated heterocycles. The van der Waals surface area contributed by atoms with Crippen molar-refractivity contribution in [1.82, 2.24) is 14.8 Å². The van der Waals surface area contributed by atoms with Crippen LogP contribution in [0.15, 0.2) is 59.0 Å². The number of likely N-dealkylation sites (tertiary alicyclic amines) is 1. The van der Waals surface area contributed by atoms with Crippen LogP contribution in [0.25, 0.3) is 11.1 Å². The molecule has 3 amide bonds. The van der Waals surface area contributed by atoms with Gasteiger partial charge in [0.25, 0.3) is 6.01 Å². The summed E-state index contributed by atoms with van der Waals surface area (Å²) in [5.41, 5.74) is 1.06. The van der Waals surface area contributed by atoms with E-state index in [0.717, 1.165) is 11.1 Å². The lowest BCUT2D eigenvalue weighted by Crippen LogP contribution is -2.51. The molecule has 5 rings (SSSR count). The molecule has 36 heavy (non-hydrogen) atoms. The third kappa shape index (κ3) is 4.46. The molecule has 3 heterocycles. The lowest BCUT2D eigenvalue weighted by molar-refractivity contribution is -0.143. The van der Waals surface area contributed by atoms with Crippen molar-refractivity contribution in [3.05, 3.63) is 60.2 Å². The first-order valence-corrected chi connectivity index (χ1v) is 12.3. The number of carbonyl (C=O) groups excluding carboxylic acids is 3. The number of amides is 3. The summed E-state index contributed by atoms with van der Waals surface area (Å²) in [7, 11) is 1.59. The first kappa shape index (κ1) is 24.0. The van der Waals surface area contributed by atoms with Crippen LogP contribution in [0.3, 0.4) is 0 Å². The van der Waals surface area contributed by atoms with Gasteiger partial charge in [0, 0.05) is 59.3 Å². The molecule has 1 atom stereocenters. The Labute approximate surface area is 209 Å². The molecule has 0 aliphatic carbocycles. The van der Waals surface area contributed by atoms with Crippen molar-refractivity contribution >= 4 is 34.8 Å². The smallest absolute Gasteiger partial charge is 0.298 e. The van der Waals surface area contributed by atoms with Gasteiger partial charge in [0.2, 0.25) is 17.7 Å². The van der Waals surface area contributed by atoms with Gasteiger partial charge in [-0.2, -0.15) is 4.98 Å². The van der Waals surface area contributed by atoms with Gasteiger partial charge < -0.3 is 19.0 Å². The summed E-state index contributed by atoms with van der Waals surface area (Å²) in [4.78, 5) is 49.7. The summed E-state index contributed by atoms with van der Waals surface area (Å²) in [6, 6.07) is 17.4. The average Bonchev–Trinajstić information content (AvgIpc) is 3.44. The lowest BCUT2D eigenvalue weighted by Gasteiger charge is -2.36. The molecule has 2 aliphatic heterocycles. The zero-order chi connectivity index (χ0) is 25.1. The fraction of sp³-hybridized carbons (Fsp3) is 0.407. The van der Waals surface area contributed by atoms with Gasteiger partial charge in [-0.1, -0.05) is 42.5 Å². The molecule has 2 aliphatic rings. The second kappa shape index (κ2) is 10.1. The number of ether oxygens (including phenoxy) is 1. The third-order valence-electron chi connectivity index (χ3n) is 7.10. The number of benzene rings is 2. The Morgan fingerprint density at radius 3 is 2.47 bits per heavy atom. The molecule has 9 nitrogen and oxygen atoms in total. The van der Waals surface area contributed by atoms with E-state index in [0.29, 0.717) is 50.8 Å². The fourth-order valence-electron chi connectivity index (χ4n) is 5.13. The number of methoxy groups -OCH3 is 1. The number of carbonyl (C=O) groups is 3. The SMILES string of the molecule is COCCCN1C(=O)CC(CC(=O)N2CCN(c3nc4ccccc4o3)CC2)(c2ccccc2)C1=O. The van der Waals surface area contributed by atoms with Crippen molar-refractivity contribution < 1.29 is 23.5 Å². The Bertz CT molecular complexity index is 1220. The number of fused-ring (bicyclic) bond motifs is 1. The quantitative estimate of drug-likeness (QED) is 0.354. The molecule has 0 spiro atoms. The van der Waals surface area contributed by atoms with Crippen LogP contribution in [-0.4, -0.2) is 78.9 Å².